The van der Waals surface area contributed by atoms with E-state index in [2.05, 4.69) is 42.5 Å². The molecule has 4 aromatic carbocycles. The fourth-order valence-corrected chi connectivity index (χ4v) is 3.32. The van der Waals surface area contributed by atoms with Crippen molar-refractivity contribution in [3.63, 3.8) is 0 Å². The number of carbonyl (C=O) groups is 1. The molecule has 4 rings (SSSR count). The molecule has 0 fully saturated rings. The molecular weight excluding hydrogens is 306 g/mol. The van der Waals surface area contributed by atoms with E-state index in [0.29, 0.717) is 0 Å². The summed E-state index contributed by atoms with van der Waals surface area (Å²) >= 11 is 0. The standard InChI is InChI=1S/C23H19NO/c1-24(2)23(25)22-20-10-6-5-8-17(20)13-14-21(22)19-12-11-16-7-3-4-9-18(16)15-19/h3-15H,1-2H3. The van der Waals surface area contributed by atoms with E-state index in [-0.39, 0.29) is 5.91 Å². The van der Waals surface area contributed by atoms with Crippen LogP contribution in [0.15, 0.2) is 78.9 Å². The zero-order valence-corrected chi connectivity index (χ0v) is 14.4. The van der Waals surface area contributed by atoms with E-state index in [4.69, 9.17) is 0 Å². The van der Waals surface area contributed by atoms with Gasteiger partial charge in [0.05, 0.1) is 5.56 Å². The summed E-state index contributed by atoms with van der Waals surface area (Å²) in [5.74, 6) is 0.0277. The molecular formula is C23H19NO. The molecule has 0 aliphatic rings. The van der Waals surface area contributed by atoms with E-state index in [0.717, 1.165) is 27.5 Å². The van der Waals surface area contributed by atoms with Crippen molar-refractivity contribution in [1.82, 2.24) is 4.90 Å². The van der Waals surface area contributed by atoms with Gasteiger partial charge in [0.1, 0.15) is 0 Å². The number of rotatable bonds is 2. The van der Waals surface area contributed by atoms with Crippen LogP contribution in [0.25, 0.3) is 32.7 Å². The van der Waals surface area contributed by atoms with Crippen LogP contribution in [0.2, 0.25) is 0 Å². The molecule has 0 radical (unpaired) electrons. The molecule has 0 aliphatic carbocycles. The van der Waals surface area contributed by atoms with Gasteiger partial charge in [-0.15, -0.1) is 0 Å². The van der Waals surface area contributed by atoms with Crippen molar-refractivity contribution in [1.29, 1.82) is 0 Å². The van der Waals surface area contributed by atoms with Gasteiger partial charge in [-0.25, -0.2) is 0 Å². The Morgan fingerprint density at radius 2 is 1.36 bits per heavy atom. The number of fused-ring (bicyclic) bond motifs is 2. The highest BCUT2D eigenvalue weighted by atomic mass is 16.2. The van der Waals surface area contributed by atoms with Gasteiger partial charge >= 0.3 is 0 Å². The Bertz CT molecular complexity index is 1100. The summed E-state index contributed by atoms with van der Waals surface area (Å²) in [6.45, 7) is 0. The van der Waals surface area contributed by atoms with Gasteiger partial charge in [-0.3, -0.25) is 4.79 Å². The van der Waals surface area contributed by atoms with E-state index >= 15 is 0 Å². The minimum Gasteiger partial charge on any atom is -0.345 e. The lowest BCUT2D eigenvalue weighted by Gasteiger charge is -2.17. The molecule has 25 heavy (non-hydrogen) atoms. The number of nitrogens with zero attached hydrogens (tertiary/aromatic N) is 1. The first-order valence-corrected chi connectivity index (χ1v) is 8.38. The summed E-state index contributed by atoms with van der Waals surface area (Å²) in [7, 11) is 3.60. The minimum absolute atomic E-state index is 0.0277. The normalized spacial score (nSPS) is 11.0. The first-order chi connectivity index (χ1) is 12.1. The number of amides is 1. The topological polar surface area (TPSA) is 20.3 Å². The number of benzene rings is 4. The maximum atomic E-state index is 12.9. The molecule has 1 amide bonds. The zero-order valence-electron chi connectivity index (χ0n) is 14.4. The SMILES string of the molecule is CN(C)C(=O)c1c(-c2ccc3ccccc3c2)ccc2ccccc12. The van der Waals surface area contributed by atoms with Gasteiger partial charge in [0.25, 0.3) is 5.91 Å². The quantitative estimate of drug-likeness (QED) is 0.486. The van der Waals surface area contributed by atoms with Crippen molar-refractivity contribution in [3.05, 3.63) is 84.4 Å². The zero-order chi connectivity index (χ0) is 17.4. The molecule has 0 bridgehead atoms. The maximum Gasteiger partial charge on any atom is 0.254 e. The second kappa shape index (κ2) is 6.06. The van der Waals surface area contributed by atoms with Crippen LogP contribution < -0.4 is 0 Å². The van der Waals surface area contributed by atoms with Crippen LogP contribution in [0.3, 0.4) is 0 Å². The second-order valence-electron chi connectivity index (χ2n) is 6.47. The van der Waals surface area contributed by atoms with E-state index in [9.17, 15) is 4.79 Å². The lowest BCUT2D eigenvalue weighted by atomic mass is 9.92. The van der Waals surface area contributed by atoms with Crippen LogP contribution >= 0.6 is 0 Å². The highest BCUT2D eigenvalue weighted by molar-refractivity contribution is 6.12. The number of hydrogen-bond acceptors (Lipinski definition) is 1. The average Bonchev–Trinajstić information content (AvgIpc) is 2.66. The number of carbonyl (C=O) groups excluding carboxylic acids is 1. The third-order valence-electron chi connectivity index (χ3n) is 4.61. The lowest BCUT2D eigenvalue weighted by Crippen LogP contribution is -2.22. The summed E-state index contributed by atoms with van der Waals surface area (Å²) in [5.41, 5.74) is 2.80. The van der Waals surface area contributed by atoms with Gasteiger partial charge in [-0.2, -0.15) is 0 Å². The second-order valence-corrected chi connectivity index (χ2v) is 6.47. The monoisotopic (exact) mass is 325 g/mol. The van der Waals surface area contributed by atoms with Gasteiger partial charge in [-0.1, -0.05) is 72.8 Å². The summed E-state index contributed by atoms with van der Waals surface area (Å²) < 4.78 is 0. The Labute approximate surface area is 147 Å². The molecule has 122 valence electrons. The minimum atomic E-state index is 0.0277. The first-order valence-electron chi connectivity index (χ1n) is 8.38. The molecule has 0 saturated carbocycles. The van der Waals surface area contributed by atoms with Crippen LogP contribution in [0, 0.1) is 0 Å². The molecule has 0 saturated heterocycles. The Hall–Kier alpha value is -3.13. The predicted octanol–water partition coefficient (Wildman–Crippen LogP) is 5.36. The van der Waals surface area contributed by atoms with Gasteiger partial charge in [0.2, 0.25) is 0 Å². The number of hydrogen-bond donors (Lipinski definition) is 0. The van der Waals surface area contributed by atoms with Crippen molar-refractivity contribution in [3.8, 4) is 11.1 Å². The highest BCUT2D eigenvalue weighted by Gasteiger charge is 2.18. The van der Waals surface area contributed by atoms with Crippen LogP contribution in [0.5, 0.6) is 0 Å². The maximum absolute atomic E-state index is 12.9. The molecule has 4 aromatic rings. The molecule has 0 atom stereocenters. The highest BCUT2D eigenvalue weighted by Crippen LogP contribution is 2.32. The van der Waals surface area contributed by atoms with Crippen LogP contribution in [-0.4, -0.2) is 24.9 Å². The molecule has 0 heterocycles. The Morgan fingerprint density at radius 3 is 2.12 bits per heavy atom. The van der Waals surface area contributed by atoms with Crippen molar-refractivity contribution in [2.45, 2.75) is 0 Å². The Morgan fingerprint density at radius 1 is 0.720 bits per heavy atom. The summed E-state index contributed by atoms with van der Waals surface area (Å²) in [6, 6.07) is 26.9. The average molecular weight is 325 g/mol. The third kappa shape index (κ3) is 2.66. The molecule has 0 unspecified atom stereocenters. The van der Waals surface area contributed by atoms with E-state index in [1.54, 1.807) is 19.0 Å². The van der Waals surface area contributed by atoms with Gasteiger partial charge in [0.15, 0.2) is 0 Å². The predicted molar refractivity (Wildman–Crippen MR) is 105 cm³/mol. The molecule has 2 nitrogen and oxygen atoms in total. The lowest BCUT2D eigenvalue weighted by molar-refractivity contribution is 0.0830. The van der Waals surface area contributed by atoms with Gasteiger partial charge in [0, 0.05) is 14.1 Å². The van der Waals surface area contributed by atoms with Crippen molar-refractivity contribution in [2.24, 2.45) is 0 Å². The fraction of sp³-hybridized carbons (Fsp3) is 0.0870. The van der Waals surface area contributed by atoms with Crippen LogP contribution in [-0.2, 0) is 0 Å². The van der Waals surface area contributed by atoms with E-state index in [1.807, 2.05) is 36.4 Å². The summed E-state index contributed by atoms with van der Waals surface area (Å²) in [5, 5.41) is 4.45. The fourth-order valence-electron chi connectivity index (χ4n) is 3.32. The van der Waals surface area contributed by atoms with Gasteiger partial charge < -0.3 is 4.90 Å². The smallest absolute Gasteiger partial charge is 0.254 e. The molecule has 0 N–H and O–H groups in total. The molecule has 0 spiro atoms. The van der Waals surface area contributed by atoms with E-state index in [1.165, 1.54) is 10.8 Å². The Kier molecular flexibility index (Phi) is 3.73. The van der Waals surface area contributed by atoms with Crippen molar-refractivity contribution >= 4 is 27.5 Å². The molecule has 0 aromatic heterocycles. The third-order valence-corrected chi connectivity index (χ3v) is 4.61. The van der Waals surface area contributed by atoms with Crippen molar-refractivity contribution in [2.75, 3.05) is 14.1 Å². The van der Waals surface area contributed by atoms with Crippen LogP contribution in [0.1, 0.15) is 10.4 Å². The van der Waals surface area contributed by atoms with Crippen LogP contribution in [0.4, 0.5) is 0 Å². The molecule has 0 aliphatic heterocycles. The summed E-state index contributed by atoms with van der Waals surface area (Å²) in [6.07, 6.45) is 0. The van der Waals surface area contributed by atoms with E-state index < -0.39 is 0 Å². The van der Waals surface area contributed by atoms with Crippen molar-refractivity contribution < 1.29 is 4.79 Å². The van der Waals surface area contributed by atoms with Gasteiger partial charge in [-0.05, 0) is 38.7 Å². The summed E-state index contributed by atoms with van der Waals surface area (Å²) in [4.78, 5) is 14.6. The Balaban J connectivity index is 2.02. The first kappa shape index (κ1) is 15.4. The largest absolute Gasteiger partial charge is 0.345 e. The molecule has 2 heteroatoms.